The second kappa shape index (κ2) is 14.2. The van der Waals surface area contributed by atoms with Crippen molar-refractivity contribution < 1.29 is 24.2 Å². The molecule has 0 saturated carbocycles. The molecule has 1 N–H and O–H groups in total. The molecule has 0 aliphatic carbocycles. The number of aliphatic hydroxyl groups is 1. The van der Waals surface area contributed by atoms with Crippen molar-refractivity contribution in [1.29, 1.82) is 0 Å². The predicted molar refractivity (Wildman–Crippen MR) is 196 cm³/mol. The standard InChI is InChI=1S/C38H48N6O5S/c1-7-21-41(24-43-29-14-12-11-13-28(29)39-40-43)36(48)33-38-20-19-37(6,50-38)31(32(38)35(47)44(33)30(23-45)25(5)9-3)34(46)42(22-8-2)26-15-17-27(18-16-26)49-10-4/h7-8,11-18,25,30-33,45H,1-2,9-10,19-24H2,3-6H3/t25-,30-,31+,32-,33?,37-,38?/m0/s1. The number of aromatic nitrogens is 3. The van der Waals surface area contributed by atoms with Gasteiger partial charge in [0.25, 0.3) is 0 Å². The zero-order valence-corrected chi connectivity index (χ0v) is 30.2. The summed E-state index contributed by atoms with van der Waals surface area (Å²) >= 11 is 1.62. The van der Waals surface area contributed by atoms with Gasteiger partial charge in [0.2, 0.25) is 17.7 Å². The Kier molecular flexibility index (Phi) is 10.1. The van der Waals surface area contributed by atoms with Crippen molar-refractivity contribution in [1.82, 2.24) is 24.8 Å². The van der Waals surface area contributed by atoms with E-state index in [2.05, 4.69) is 30.4 Å². The number of para-hydroxylation sites is 1. The van der Waals surface area contributed by atoms with Gasteiger partial charge in [-0.05, 0) is 69.0 Å². The molecule has 0 radical (unpaired) electrons. The summed E-state index contributed by atoms with van der Waals surface area (Å²) in [6.07, 6.45) is 5.32. The number of carbonyl (C=O) groups is 3. The van der Waals surface area contributed by atoms with Gasteiger partial charge in [-0.15, -0.1) is 30.0 Å². The molecule has 2 bridgehead atoms. The van der Waals surface area contributed by atoms with E-state index in [9.17, 15) is 9.90 Å². The second-order valence-corrected chi connectivity index (χ2v) is 15.7. The molecule has 3 saturated heterocycles. The summed E-state index contributed by atoms with van der Waals surface area (Å²) in [5.74, 6) is -1.49. The molecule has 3 fully saturated rings. The van der Waals surface area contributed by atoms with Crippen LogP contribution in [-0.4, -0.2) is 95.5 Å². The molecule has 4 heterocycles. The number of rotatable bonds is 15. The SMILES string of the molecule is C=CCN(Cn1nnc2ccccc21)C(=O)C1N([C@@H](CO)[C@@H](C)CC)C(=O)[C@@H]2[C@H](C(=O)N(CC=C)c3ccc(OCC)cc3)[C@]3(C)CCC12S3. The fraction of sp³-hybridized carbons (Fsp3) is 0.500. The lowest BCUT2D eigenvalue weighted by Crippen LogP contribution is -2.58. The Hall–Kier alpha value is -4.16. The van der Waals surface area contributed by atoms with E-state index in [-0.39, 0.29) is 50.0 Å². The zero-order chi connectivity index (χ0) is 35.8. The lowest BCUT2D eigenvalue weighted by Gasteiger charge is -2.41. The van der Waals surface area contributed by atoms with Gasteiger partial charge in [0.1, 0.15) is 24.0 Å². The van der Waals surface area contributed by atoms with Crippen LogP contribution in [0.1, 0.15) is 47.0 Å². The number of aliphatic hydroxyl groups excluding tert-OH is 1. The van der Waals surface area contributed by atoms with Gasteiger partial charge in [0.05, 0.1) is 41.4 Å². The highest BCUT2D eigenvalue weighted by Crippen LogP contribution is 2.72. The van der Waals surface area contributed by atoms with Crippen LogP contribution in [0.2, 0.25) is 0 Å². The first kappa shape index (κ1) is 35.7. The molecule has 1 spiro atoms. The fourth-order valence-corrected chi connectivity index (χ4v) is 10.8. The predicted octanol–water partition coefficient (Wildman–Crippen LogP) is 4.91. The minimum Gasteiger partial charge on any atom is -0.494 e. The van der Waals surface area contributed by atoms with E-state index in [0.29, 0.717) is 42.8 Å². The zero-order valence-electron chi connectivity index (χ0n) is 29.4. The first-order valence-corrected chi connectivity index (χ1v) is 18.4. The first-order valence-electron chi connectivity index (χ1n) is 17.5. The average Bonchev–Trinajstić information content (AvgIpc) is 3.83. The lowest BCUT2D eigenvalue weighted by molar-refractivity contribution is -0.147. The Morgan fingerprint density at radius 3 is 2.48 bits per heavy atom. The fourth-order valence-electron chi connectivity index (χ4n) is 8.43. The number of fused-ring (bicyclic) bond motifs is 2. The molecule has 3 aromatic rings. The van der Waals surface area contributed by atoms with Crippen molar-refractivity contribution in [3.05, 3.63) is 73.8 Å². The number of amides is 3. The number of carbonyl (C=O) groups excluding carboxylic acids is 3. The van der Waals surface area contributed by atoms with Crippen LogP contribution < -0.4 is 9.64 Å². The highest BCUT2D eigenvalue weighted by atomic mass is 32.2. The minimum absolute atomic E-state index is 0.0883. The number of benzene rings is 2. The van der Waals surface area contributed by atoms with Crippen LogP contribution in [-0.2, 0) is 21.1 Å². The van der Waals surface area contributed by atoms with Crippen LogP contribution in [0, 0.1) is 17.8 Å². The van der Waals surface area contributed by atoms with Crippen LogP contribution in [0.15, 0.2) is 73.8 Å². The molecule has 1 aromatic heterocycles. The second-order valence-electron chi connectivity index (χ2n) is 13.8. The van der Waals surface area contributed by atoms with Crippen molar-refractivity contribution in [3.8, 4) is 5.75 Å². The van der Waals surface area contributed by atoms with E-state index >= 15 is 9.59 Å². The van der Waals surface area contributed by atoms with Crippen molar-refractivity contribution in [2.75, 3.05) is 31.2 Å². The molecule has 266 valence electrons. The highest BCUT2D eigenvalue weighted by Gasteiger charge is 2.78. The molecule has 3 aliphatic rings. The topological polar surface area (TPSA) is 121 Å². The number of thioether (sulfide) groups is 1. The summed E-state index contributed by atoms with van der Waals surface area (Å²) in [5.41, 5.74) is 2.18. The van der Waals surface area contributed by atoms with E-state index in [4.69, 9.17) is 4.74 Å². The van der Waals surface area contributed by atoms with Gasteiger partial charge in [-0.3, -0.25) is 14.4 Å². The first-order chi connectivity index (χ1) is 24.1. The molecule has 2 aromatic carbocycles. The van der Waals surface area contributed by atoms with Crippen molar-refractivity contribution in [2.24, 2.45) is 17.8 Å². The molecule has 50 heavy (non-hydrogen) atoms. The smallest absolute Gasteiger partial charge is 0.248 e. The minimum atomic E-state index is -0.899. The molecule has 6 rings (SSSR count). The van der Waals surface area contributed by atoms with Crippen LogP contribution in [0.3, 0.4) is 0 Å². The maximum absolute atomic E-state index is 15.1. The molecule has 3 aliphatic heterocycles. The molecule has 11 nitrogen and oxygen atoms in total. The van der Waals surface area contributed by atoms with E-state index in [0.717, 1.165) is 5.52 Å². The average molecular weight is 701 g/mol. The van der Waals surface area contributed by atoms with Crippen molar-refractivity contribution >= 4 is 46.2 Å². The summed E-state index contributed by atoms with van der Waals surface area (Å²) in [5, 5.41) is 19.5. The van der Waals surface area contributed by atoms with Gasteiger partial charge >= 0.3 is 0 Å². The Balaban J connectivity index is 1.42. The Morgan fingerprint density at radius 2 is 1.82 bits per heavy atom. The van der Waals surface area contributed by atoms with Gasteiger partial charge in [-0.1, -0.05) is 49.8 Å². The Bertz CT molecular complexity index is 1760. The normalized spacial score (nSPS) is 26.5. The molecule has 7 atom stereocenters. The third-order valence-corrected chi connectivity index (χ3v) is 13.0. The lowest BCUT2D eigenvalue weighted by atomic mass is 9.66. The molecule has 2 unspecified atom stereocenters. The summed E-state index contributed by atoms with van der Waals surface area (Å²) in [7, 11) is 0. The van der Waals surface area contributed by atoms with Crippen molar-refractivity contribution in [2.45, 2.75) is 75.2 Å². The number of hydrogen-bond acceptors (Lipinski definition) is 8. The molecular formula is C38H48N6O5S. The number of ether oxygens (including phenoxy) is 1. The third kappa shape index (κ3) is 5.79. The van der Waals surface area contributed by atoms with Crippen LogP contribution in [0.4, 0.5) is 5.69 Å². The molecular weight excluding hydrogens is 653 g/mol. The maximum Gasteiger partial charge on any atom is 0.248 e. The van der Waals surface area contributed by atoms with Crippen LogP contribution >= 0.6 is 11.8 Å². The summed E-state index contributed by atoms with van der Waals surface area (Å²) in [6.45, 7) is 16.7. The summed E-state index contributed by atoms with van der Waals surface area (Å²) in [4.78, 5) is 50.1. The third-order valence-electron chi connectivity index (χ3n) is 11.0. The molecule has 3 amide bonds. The van der Waals surface area contributed by atoms with E-state index in [1.54, 1.807) is 43.3 Å². The monoisotopic (exact) mass is 700 g/mol. The summed E-state index contributed by atoms with van der Waals surface area (Å²) < 4.78 is 5.87. The van der Waals surface area contributed by atoms with E-state index in [1.807, 2.05) is 69.3 Å². The van der Waals surface area contributed by atoms with Gasteiger partial charge in [0.15, 0.2) is 0 Å². The number of likely N-dealkylation sites (tertiary alicyclic amines) is 1. The quantitative estimate of drug-likeness (QED) is 0.222. The van der Waals surface area contributed by atoms with E-state index < -0.39 is 33.4 Å². The number of nitrogens with zero attached hydrogens (tertiary/aromatic N) is 6. The van der Waals surface area contributed by atoms with Gasteiger partial charge in [-0.2, -0.15) is 0 Å². The maximum atomic E-state index is 15.1. The van der Waals surface area contributed by atoms with Crippen LogP contribution in [0.5, 0.6) is 5.75 Å². The highest BCUT2D eigenvalue weighted by molar-refractivity contribution is 8.02. The van der Waals surface area contributed by atoms with Crippen LogP contribution in [0.25, 0.3) is 11.0 Å². The van der Waals surface area contributed by atoms with Gasteiger partial charge in [0, 0.05) is 23.5 Å². The summed E-state index contributed by atoms with van der Waals surface area (Å²) in [6, 6.07) is 13.4. The van der Waals surface area contributed by atoms with Gasteiger partial charge < -0.3 is 24.5 Å². The molecule has 12 heteroatoms. The van der Waals surface area contributed by atoms with E-state index in [1.165, 1.54) is 0 Å². The number of anilines is 1. The Morgan fingerprint density at radius 1 is 1.10 bits per heavy atom. The largest absolute Gasteiger partial charge is 0.494 e. The number of hydrogen-bond donors (Lipinski definition) is 1. The Labute approximate surface area is 298 Å². The van der Waals surface area contributed by atoms with Gasteiger partial charge in [-0.25, -0.2) is 4.68 Å². The van der Waals surface area contributed by atoms with Crippen molar-refractivity contribution in [3.63, 3.8) is 0 Å².